The van der Waals surface area contributed by atoms with Crippen molar-refractivity contribution in [3.8, 4) is 11.4 Å². The predicted octanol–water partition coefficient (Wildman–Crippen LogP) is 3.49. The second kappa shape index (κ2) is 10.2. The first-order valence-electron chi connectivity index (χ1n) is 11.9. The van der Waals surface area contributed by atoms with Crippen molar-refractivity contribution in [2.24, 2.45) is 4.99 Å². The summed E-state index contributed by atoms with van der Waals surface area (Å²) in [5, 5.41) is 17.9. The lowest BCUT2D eigenvalue weighted by Crippen LogP contribution is -2.46. The highest BCUT2D eigenvalue weighted by atomic mass is 19.4. The molecule has 0 amide bonds. The average Bonchev–Trinajstić information content (AvgIpc) is 3.59. The minimum atomic E-state index is -4.65. The molecule has 10 nitrogen and oxygen atoms in total. The van der Waals surface area contributed by atoms with Gasteiger partial charge in [0.05, 0.1) is 24.5 Å². The topological polar surface area (TPSA) is 98.3 Å². The largest absolute Gasteiger partial charge is 0.486 e. The number of aromatic nitrogens is 6. The summed E-state index contributed by atoms with van der Waals surface area (Å²) in [5.74, 6) is -0.192. The first-order chi connectivity index (χ1) is 17.8. The van der Waals surface area contributed by atoms with Crippen LogP contribution in [0.15, 0.2) is 47.5 Å². The van der Waals surface area contributed by atoms with Gasteiger partial charge in [0.1, 0.15) is 18.6 Å². The van der Waals surface area contributed by atoms with Gasteiger partial charge in [-0.3, -0.25) is 4.68 Å². The maximum absolute atomic E-state index is 14.5. The Kier molecular flexibility index (Phi) is 6.80. The Bertz CT molecular complexity index is 1290. The molecule has 14 heteroatoms. The number of rotatable bonds is 6. The minimum Gasteiger partial charge on any atom is -0.486 e. The van der Waals surface area contributed by atoms with Gasteiger partial charge in [0.2, 0.25) is 0 Å². The molecule has 3 aromatic rings. The number of likely N-dealkylation sites (tertiary alicyclic amines) is 1. The second-order valence-corrected chi connectivity index (χ2v) is 8.78. The van der Waals surface area contributed by atoms with E-state index in [-0.39, 0.29) is 11.3 Å². The Hall–Kier alpha value is -3.97. The van der Waals surface area contributed by atoms with E-state index in [4.69, 9.17) is 4.74 Å². The number of hydrogen-bond acceptors (Lipinski definition) is 8. The van der Waals surface area contributed by atoms with Gasteiger partial charge in [0.15, 0.2) is 17.5 Å². The average molecular weight is 520 g/mol. The monoisotopic (exact) mass is 519 g/mol. The normalized spacial score (nSPS) is 16.8. The first kappa shape index (κ1) is 24.7. The van der Waals surface area contributed by atoms with Crippen LogP contribution in [0.4, 0.5) is 17.6 Å². The Labute approximate surface area is 209 Å². The molecule has 0 unspecified atom stereocenters. The van der Waals surface area contributed by atoms with Crippen LogP contribution in [0.25, 0.3) is 5.69 Å². The SMILES string of the molecule is CCC1=CNC(N2CCC(n3ncc(COc4ccc(-n5cnnn5)cc4F)c3C(F)(F)F)CC2)=NC1. The van der Waals surface area contributed by atoms with Crippen LogP contribution >= 0.6 is 0 Å². The summed E-state index contributed by atoms with van der Waals surface area (Å²) in [6.45, 7) is 3.30. The summed E-state index contributed by atoms with van der Waals surface area (Å²) in [6, 6.07) is 3.53. The Morgan fingerprint density at radius 2 is 2.00 bits per heavy atom. The third kappa shape index (κ3) is 5.27. The zero-order valence-electron chi connectivity index (χ0n) is 20.0. The molecule has 0 bridgehead atoms. The standard InChI is InChI=1S/C23H25F4N9O/c1-2-15-10-28-22(29-11-15)34-7-5-17(6-8-34)36-21(23(25,26)27)16(12-31-36)13-37-20-4-3-18(9-19(20)24)35-14-30-32-33-35/h3-4,9-10,12,14,17H,2,5-8,11,13H2,1H3,(H,28,29). The number of benzene rings is 1. The number of halogens is 4. The molecule has 0 aliphatic carbocycles. The maximum Gasteiger partial charge on any atom is 0.433 e. The molecule has 1 saturated heterocycles. The van der Waals surface area contributed by atoms with Crippen LogP contribution in [0.1, 0.15) is 43.5 Å². The third-order valence-corrected chi connectivity index (χ3v) is 6.45. The molecule has 4 heterocycles. The number of guanidine groups is 1. The second-order valence-electron chi connectivity index (χ2n) is 8.78. The number of aliphatic imine (C=N–C) groups is 1. The van der Waals surface area contributed by atoms with E-state index in [0.717, 1.165) is 29.3 Å². The lowest BCUT2D eigenvalue weighted by Gasteiger charge is -2.35. The molecule has 1 N–H and O–H groups in total. The molecule has 0 spiro atoms. The number of hydrogen-bond donors (Lipinski definition) is 1. The first-order valence-corrected chi connectivity index (χ1v) is 11.9. The summed E-state index contributed by atoms with van der Waals surface area (Å²) in [5.41, 5.74) is 0.513. The van der Waals surface area contributed by atoms with Gasteiger partial charge in [0, 0.05) is 30.9 Å². The molecule has 2 aromatic heterocycles. The highest BCUT2D eigenvalue weighted by molar-refractivity contribution is 5.82. The van der Waals surface area contributed by atoms with Crippen LogP contribution in [0.2, 0.25) is 0 Å². The molecule has 2 aliphatic heterocycles. The minimum absolute atomic E-state index is 0.158. The van der Waals surface area contributed by atoms with Crippen LogP contribution < -0.4 is 10.1 Å². The molecule has 196 valence electrons. The molecule has 2 aliphatic rings. The Morgan fingerprint density at radius 3 is 2.62 bits per heavy atom. The van der Waals surface area contributed by atoms with E-state index >= 15 is 0 Å². The predicted molar refractivity (Wildman–Crippen MR) is 124 cm³/mol. The molecule has 1 aromatic carbocycles. The van der Waals surface area contributed by atoms with Crippen LogP contribution in [-0.4, -0.2) is 60.5 Å². The van der Waals surface area contributed by atoms with Crippen LogP contribution in [-0.2, 0) is 12.8 Å². The fourth-order valence-electron chi connectivity index (χ4n) is 4.44. The van der Waals surface area contributed by atoms with Crippen LogP contribution in [0.5, 0.6) is 5.75 Å². The molecule has 0 atom stereocenters. The maximum atomic E-state index is 14.5. The van der Waals surface area contributed by atoms with Crippen molar-refractivity contribution in [1.29, 1.82) is 0 Å². The van der Waals surface area contributed by atoms with E-state index in [9.17, 15) is 17.6 Å². The van der Waals surface area contributed by atoms with Gasteiger partial charge in [-0.25, -0.2) is 14.1 Å². The highest BCUT2D eigenvalue weighted by Crippen LogP contribution is 2.36. The number of alkyl halides is 3. The van der Waals surface area contributed by atoms with Crippen molar-refractivity contribution >= 4 is 5.96 Å². The number of piperidine rings is 1. The van der Waals surface area contributed by atoms with Crippen LogP contribution in [0, 0.1) is 5.82 Å². The number of tetrazole rings is 1. The van der Waals surface area contributed by atoms with Crippen molar-refractivity contribution in [1.82, 2.24) is 40.2 Å². The summed E-state index contributed by atoms with van der Waals surface area (Å²) < 4.78 is 64.5. The van der Waals surface area contributed by atoms with Gasteiger partial charge in [-0.15, -0.1) is 5.10 Å². The molecule has 1 fully saturated rings. The zero-order valence-corrected chi connectivity index (χ0v) is 20.0. The summed E-state index contributed by atoms with van der Waals surface area (Å²) in [4.78, 5) is 6.59. The number of ether oxygens (including phenoxy) is 1. The molecular weight excluding hydrogens is 494 g/mol. The number of nitrogens with zero attached hydrogens (tertiary/aromatic N) is 8. The van der Waals surface area contributed by atoms with Gasteiger partial charge >= 0.3 is 6.18 Å². The highest BCUT2D eigenvalue weighted by Gasteiger charge is 2.40. The van der Waals surface area contributed by atoms with Crippen molar-refractivity contribution in [2.45, 2.75) is 45.0 Å². The smallest absolute Gasteiger partial charge is 0.433 e. The number of nitrogens with one attached hydrogen (secondary N) is 1. The van der Waals surface area contributed by atoms with E-state index in [1.807, 2.05) is 11.1 Å². The summed E-state index contributed by atoms with van der Waals surface area (Å²) in [6.07, 6.45) is 1.60. The quantitative estimate of drug-likeness (QED) is 0.498. The lowest BCUT2D eigenvalue weighted by molar-refractivity contribution is -0.146. The fourth-order valence-corrected chi connectivity index (χ4v) is 4.44. The van der Waals surface area contributed by atoms with Gasteiger partial charge in [0.25, 0.3) is 0 Å². The molecule has 0 saturated carbocycles. The lowest BCUT2D eigenvalue weighted by atomic mass is 10.0. The van der Waals surface area contributed by atoms with Gasteiger partial charge in [-0.05, 0) is 47.4 Å². The van der Waals surface area contributed by atoms with Crippen molar-refractivity contribution < 1.29 is 22.3 Å². The van der Waals surface area contributed by atoms with Crippen molar-refractivity contribution in [3.05, 3.63) is 59.6 Å². The summed E-state index contributed by atoms with van der Waals surface area (Å²) in [7, 11) is 0. The van der Waals surface area contributed by atoms with Gasteiger partial charge in [-0.2, -0.15) is 18.3 Å². The third-order valence-electron chi connectivity index (χ3n) is 6.45. The van der Waals surface area contributed by atoms with E-state index in [1.54, 1.807) is 0 Å². The molecule has 37 heavy (non-hydrogen) atoms. The fraction of sp³-hybridized carbons (Fsp3) is 0.435. The van der Waals surface area contributed by atoms with Gasteiger partial charge < -0.3 is 15.0 Å². The Balaban J connectivity index is 1.27. The van der Waals surface area contributed by atoms with Crippen LogP contribution in [0.3, 0.4) is 0 Å². The van der Waals surface area contributed by atoms with Crippen molar-refractivity contribution in [3.63, 3.8) is 0 Å². The van der Waals surface area contributed by atoms with E-state index < -0.39 is 30.3 Å². The molecule has 5 rings (SSSR count). The molecule has 0 radical (unpaired) electrons. The zero-order chi connectivity index (χ0) is 26.0. The van der Waals surface area contributed by atoms with E-state index in [2.05, 4.69) is 37.9 Å². The van der Waals surface area contributed by atoms with Gasteiger partial charge in [-0.1, -0.05) is 6.92 Å². The van der Waals surface area contributed by atoms with Crippen molar-refractivity contribution in [2.75, 3.05) is 19.6 Å². The Morgan fingerprint density at radius 1 is 1.19 bits per heavy atom. The molecular formula is C23H25F4N9O. The van der Waals surface area contributed by atoms with E-state index in [0.29, 0.717) is 38.2 Å². The summed E-state index contributed by atoms with van der Waals surface area (Å²) >= 11 is 0. The van der Waals surface area contributed by atoms with E-state index in [1.165, 1.54) is 28.7 Å².